The van der Waals surface area contributed by atoms with E-state index in [1.165, 1.54) is 12.8 Å². The second-order valence-electron chi connectivity index (χ2n) is 3.82. The van der Waals surface area contributed by atoms with Gasteiger partial charge in [-0.05, 0) is 26.0 Å². The summed E-state index contributed by atoms with van der Waals surface area (Å²) in [4.78, 5) is 0. The predicted octanol–water partition coefficient (Wildman–Crippen LogP) is 1.60. The van der Waals surface area contributed by atoms with Gasteiger partial charge in [0.15, 0.2) is 0 Å². The number of sulfonamides is 1. The number of thioether (sulfide) groups is 1. The van der Waals surface area contributed by atoms with Crippen molar-refractivity contribution < 1.29 is 8.42 Å². The Bertz CT molecular complexity index is 269. The zero-order valence-electron chi connectivity index (χ0n) is 8.88. The van der Waals surface area contributed by atoms with Gasteiger partial charge < -0.3 is 0 Å². The Balaban J connectivity index is 2.50. The van der Waals surface area contributed by atoms with Gasteiger partial charge in [-0.3, -0.25) is 0 Å². The first-order valence-electron chi connectivity index (χ1n) is 5.06. The average Bonchev–Trinajstić information content (AvgIpc) is 2.65. The molecule has 1 fully saturated rings. The van der Waals surface area contributed by atoms with Crippen LogP contribution >= 0.6 is 11.8 Å². The second kappa shape index (κ2) is 4.86. The van der Waals surface area contributed by atoms with Gasteiger partial charge in [0.2, 0.25) is 10.0 Å². The van der Waals surface area contributed by atoms with Gasteiger partial charge in [0.05, 0.1) is 5.75 Å². The first-order valence-corrected chi connectivity index (χ1v) is 7.94. The molecule has 1 N–H and O–H groups in total. The van der Waals surface area contributed by atoms with Crippen LogP contribution in [0.3, 0.4) is 0 Å². The van der Waals surface area contributed by atoms with E-state index in [-0.39, 0.29) is 10.5 Å². The molecule has 14 heavy (non-hydrogen) atoms. The molecule has 0 atom stereocenters. The van der Waals surface area contributed by atoms with Crippen molar-refractivity contribution in [1.29, 1.82) is 0 Å². The molecule has 0 aromatic heterocycles. The van der Waals surface area contributed by atoms with Crippen LogP contribution in [-0.2, 0) is 10.0 Å². The summed E-state index contributed by atoms with van der Waals surface area (Å²) >= 11 is 1.80. The van der Waals surface area contributed by atoms with Crippen LogP contribution in [0.2, 0.25) is 0 Å². The fourth-order valence-electron chi connectivity index (χ4n) is 1.82. The summed E-state index contributed by atoms with van der Waals surface area (Å²) in [6, 6.07) is 0. The molecule has 0 aliphatic heterocycles. The van der Waals surface area contributed by atoms with E-state index in [1.54, 1.807) is 18.7 Å². The molecule has 0 unspecified atom stereocenters. The van der Waals surface area contributed by atoms with E-state index in [0.717, 1.165) is 12.8 Å². The second-order valence-corrected chi connectivity index (χ2v) is 7.19. The molecular formula is C9H19NO2S2. The maximum absolute atomic E-state index is 11.3. The van der Waals surface area contributed by atoms with Gasteiger partial charge in [-0.1, -0.05) is 12.8 Å². The zero-order chi connectivity index (χ0) is 10.7. The molecule has 1 aliphatic carbocycles. The largest absolute Gasteiger partial charge is 0.214 e. The average molecular weight is 237 g/mol. The maximum atomic E-state index is 11.3. The zero-order valence-corrected chi connectivity index (χ0v) is 10.5. The molecular weight excluding hydrogens is 218 g/mol. The monoisotopic (exact) mass is 237 g/mol. The van der Waals surface area contributed by atoms with Crippen molar-refractivity contribution in [2.75, 3.05) is 18.6 Å². The minimum atomic E-state index is -3.02. The number of hydrogen-bond acceptors (Lipinski definition) is 3. The molecule has 84 valence electrons. The van der Waals surface area contributed by atoms with E-state index in [1.807, 2.05) is 0 Å². The molecule has 1 rings (SSSR count). The van der Waals surface area contributed by atoms with E-state index < -0.39 is 10.0 Å². The summed E-state index contributed by atoms with van der Waals surface area (Å²) in [5.74, 6) is 0.178. The fourth-order valence-corrected chi connectivity index (χ4v) is 3.52. The molecule has 0 amide bonds. The number of rotatable bonds is 5. The van der Waals surface area contributed by atoms with Gasteiger partial charge in [0, 0.05) is 11.3 Å². The van der Waals surface area contributed by atoms with Crippen molar-refractivity contribution in [2.45, 2.75) is 37.4 Å². The van der Waals surface area contributed by atoms with Gasteiger partial charge >= 0.3 is 0 Å². The molecule has 3 nitrogen and oxygen atoms in total. The summed E-state index contributed by atoms with van der Waals surface area (Å²) in [6.07, 6.45) is 6.82. The van der Waals surface area contributed by atoms with Crippen LogP contribution < -0.4 is 4.72 Å². The van der Waals surface area contributed by atoms with Crippen molar-refractivity contribution in [1.82, 2.24) is 4.72 Å². The lowest BCUT2D eigenvalue weighted by atomic mass is 10.1. The summed E-state index contributed by atoms with van der Waals surface area (Å²) in [6.45, 7) is 2.27. The molecule has 0 radical (unpaired) electrons. The first-order chi connectivity index (χ1) is 6.54. The van der Waals surface area contributed by atoms with Crippen LogP contribution in [-0.4, -0.2) is 31.7 Å². The Morgan fingerprint density at radius 3 is 2.36 bits per heavy atom. The van der Waals surface area contributed by atoms with Crippen molar-refractivity contribution in [2.24, 2.45) is 0 Å². The minimum absolute atomic E-state index is 0.169. The fraction of sp³-hybridized carbons (Fsp3) is 1.00. The smallest absolute Gasteiger partial charge is 0.211 e. The lowest BCUT2D eigenvalue weighted by molar-refractivity contribution is 0.552. The van der Waals surface area contributed by atoms with E-state index >= 15 is 0 Å². The third-order valence-electron chi connectivity index (χ3n) is 2.94. The summed E-state index contributed by atoms with van der Waals surface area (Å²) < 4.78 is 25.5. The van der Waals surface area contributed by atoms with Crippen molar-refractivity contribution in [3.05, 3.63) is 0 Å². The van der Waals surface area contributed by atoms with Gasteiger partial charge in [-0.15, -0.1) is 0 Å². The molecule has 1 aliphatic rings. The Morgan fingerprint density at radius 2 is 1.93 bits per heavy atom. The van der Waals surface area contributed by atoms with Gasteiger partial charge in [-0.25, -0.2) is 13.1 Å². The van der Waals surface area contributed by atoms with E-state index in [0.29, 0.717) is 6.54 Å². The van der Waals surface area contributed by atoms with Crippen LogP contribution in [0, 0.1) is 0 Å². The summed E-state index contributed by atoms with van der Waals surface area (Å²) in [5.41, 5.74) is 0. The van der Waals surface area contributed by atoms with E-state index in [4.69, 9.17) is 0 Å². The summed E-state index contributed by atoms with van der Waals surface area (Å²) in [7, 11) is -3.02. The van der Waals surface area contributed by atoms with E-state index in [2.05, 4.69) is 11.0 Å². The highest BCUT2D eigenvalue weighted by atomic mass is 32.2. The number of nitrogens with one attached hydrogen (secondary N) is 1. The SMILES string of the molecule is CCS(=O)(=O)NCC1(SC)CCCC1. The highest BCUT2D eigenvalue weighted by molar-refractivity contribution is 8.00. The first kappa shape index (κ1) is 12.3. The molecule has 5 heteroatoms. The van der Waals surface area contributed by atoms with E-state index in [9.17, 15) is 8.42 Å². The van der Waals surface area contributed by atoms with Crippen LogP contribution in [0.5, 0.6) is 0 Å². The standard InChI is InChI=1S/C9H19NO2S2/c1-3-14(11,12)10-8-9(13-2)6-4-5-7-9/h10H,3-8H2,1-2H3. The Hall–Kier alpha value is 0.260. The normalized spacial score (nSPS) is 21.3. The highest BCUT2D eigenvalue weighted by Crippen LogP contribution is 2.39. The molecule has 0 spiro atoms. The molecule has 0 heterocycles. The topological polar surface area (TPSA) is 46.2 Å². The number of hydrogen-bond donors (Lipinski definition) is 1. The van der Waals surface area contributed by atoms with Crippen LogP contribution in [0.25, 0.3) is 0 Å². The predicted molar refractivity (Wildman–Crippen MR) is 62.2 cm³/mol. The van der Waals surface area contributed by atoms with Gasteiger partial charge in [0.1, 0.15) is 0 Å². The van der Waals surface area contributed by atoms with Crippen LogP contribution in [0.4, 0.5) is 0 Å². The van der Waals surface area contributed by atoms with Crippen LogP contribution in [0.1, 0.15) is 32.6 Å². The third-order valence-corrected chi connectivity index (χ3v) is 5.70. The van der Waals surface area contributed by atoms with Crippen molar-refractivity contribution in [3.63, 3.8) is 0 Å². The Morgan fingerprint density at radius 1 is 1.36 bits per heavy atom. The highest BCUT2D eigenvalue weighted by Gasteiger charge is 2.33. The van der Waals surface area contributed by atoms with Crippen LogP contribution in [0.15, 0.2) is 0 Å². The Kier molecular flexibility index (Phi) is 4.28. The quantitative estimate of drug-likeness (QED) is 0.790. The Labute approximate surface area is 91.1 Å². The third kappa shape index (κ3) is 3.14. The summed E-state index contributed by atoms with van der Waals surface area (Å²) in [5, 5.41) is 0. The van der Waals surface area contributed by atoms with Crippen molar-refractivity contribution >= 4 is 21.8 Å². The molecule has 0 aromatic rings. The molecule has 0 saturated heterocycles. The van der Waals surface area contributed by atoms with Crippen molar-refractivity contribution in [3.8, 4) is 0 Å². The maximum Gasteiger partial charge on any atom is 0.211 e. The van der Waals surface area contributed by atoms with Gasteiger partial charge in [0.25, 0.3) is 0 Å². The lowest BCUT2D eigenvalue weighted by Gasteiger charge is -2.26. The molecule has 1 saturated carbocycles. The minimum Gasteiger partial charge on any atom is -0.214 e. The molecule has 0 bridgehead atoms. The molecule has 0 aromatic carbocycles. The lowest BCUT2D eigenvalue weighted by Crippen LogP contribution is -2.39. The van der Waals surface area contributed by atoms with Gasteiger partial charge in [-0.2, -0.15) is 11.8 Å².